The molecule has 0 aliphatic heterocycles. The number of nitrogens with zero attached hydrogens (tertiary/aromatic N) is 3. The third-order valence-corrected chi connectivity index (χ3v) is 4.97. The van der Waals surface area contributed by atoms with Gasteiger partial charge in [0.05, 0.1) is 30.8 Å². The van der Waals surface area contributed by atoms with Crippen LogP contribution in [0.25, 0.3) is 0 Å². The van der Waals surface area contributed by atoms with Gasteiger partial charge in [0.1, 0.15) is 0 Å². The number of ether oxygens (including phenoxy) is 1. The molecule has 0 bridgehead atoms. The van der Waals surface area contributed by atoms with Crippen molar-refractivity contribution in [2.24, 2.45) is 0 Å². The highest BCUT2D eigenvalue weighted by Gasteiger charge is 2.20. The summed E-state index contributed by atoms with van der Waals surface area (Å²) in [6.07, 6.45) is 3.13. The predicted molar refractivity (Wildman–Crippen MR) is 110 cm³/mol. The molecule has 154 valence electrons. The maximum atomic E-state index is 12.5. The first-order valence-corrected chi connectivity index (χ1v) is 9.34. The Labute approximate surface area is 172 Å². The Balaban J connectivity index is 2.00. The molecule has 8 nitrogen and oxygen atoms in total. The van der Waals surface area contributed by atoms with Crippen molar-refractivity contribution in [2.75, 3.05) is 7.11 Å². The van der Waals surface area contributed by atoms with Crippen LogP contribution < -0.4 is 5.56 Å². The normalized spacial score (nSPS) is 12.7. The van der Waals surface area contributed by atoms with Crippen LogP contribution in [0.2, 0.25) is 0 Å². The molecule has 8 heteroatoms. The lowest BCUT2D eigenvalue weighted by Gasteiger charge is -2.21. The van der Waals surface area contributed by atoms with E-state index in [1.807, 2.05) is 31.2 Å². The van der Waals surface area contributed by atoms with Gasteiger partial charge in [-0.2, -0.15) is 0 Å². The van der Waals surface area contributed by atoms with Crippen LogP contribution in [0.5, 0.6) is 0 Å². The molecule has 1 aromatic heterocycles. The summed E-state index contributed by atoms with van der Waals surface area (Å²) in [5, 5.41) is 11.0. The Hall–Kier alpha value is -3.81. The molecular weight excluding hydrogens is 386 g/mol. The molecule has 0 aliphatic rings. The van der Waals surface area contributed by atoms with E-state index in [2.05, 4.69) is 4.98 Å². The summed E-state index contributed by atoms with van der Waals surface area (Å²) >= 11 is 0. The van der Waals surface area contributed by atoms with E-state index in [1.54, 1.807) is 12.1 Å². The van der Waals surface area contributed by atoms with E-state index in [0.717, 1.165) is 11.1 Å². The highest BCUT2D eigenvalue weighted by molar-refractivity contribution is 5.70. The zero-order valence-electron chi connectivity index (χ0n) is 16.6. The van der Waals surface area contributed by atoms with Gasteiger partial charge in [-0.3, -0.25) is 24.3 Å². The van der Waals surface area contributed by atoms with Crippen LogP contribution in [0.1, 0.15) is 42.0 Å². The summed E-state index contributed by atoms with van der Waals surface area (Å²) in [5.41, 5.74) is 2.23. The lowest BCUT2D eigenvalue weighted by Crippen LogP contribution is -2.25. The van der Waals surface area contributed by atoms with Gasteiger partial charge >= 0.3 is 5.97 Å². The van der Waals surface area contributed by atoms with E-state index >= 15 is 0 Å². The van der Waals surface area contributed by atoms with Crippen molar-refractivity contribution in [3.63, 3.8) is 0 Å². The van der Waals surface area contributed by atoms with Crippen molar-refractivity contribution in [3.05, 3.63) is 104 Å². The Morgan fingerprint density at radius 1 is 1.07 bits per heavy atom. The molecule has 3 aromatic rings. The molecule has 0 N–H and O–H groups in total. The quantitative estimate of drug-likeness (QED) is 0.337. The molecule has 30 heavy (non-hydrogen) atoms. The standard InChI is InChI=1S/C22H21N3O5/c1-15(13-21(27)30-2)16-3-5-17(6-4-16)22(24-14-23-12-11-20(24)26)18-7-9-19(10-8-18)25(28)29/h3-12,14-15,22H,13H2,1-2H3/t15?,22-/m1/s1. The smallest absolute Gasteiger partial charge is 0.306 e. The highest BCUT2D eigenvalue weighted by atomic mass is 16.6. The molecule has 1 heterocycles. The Morgan fingerprint density at radius 3 is 2.17 bits per heavy atom. The summed E-state index contributed by atoms with van der Waals surface area (Å²) in [6.45, 7) is 1.94. The SMILES string of the molecule is COC(=O)CC(C)c1ccc([C@H](c2ccc([N+](=O)[O-])cc2)n2cnccc2=O)cc1. The van der Waals surface area contributed by atoms with Gasteiger partial charge in [0.25, 0.3) is 11.2 Å². The molecule has 1 unspecified atom stereocenters. The molecule has 0 radical (unpaired) electrons. The topological polar surface area (TPSA) is 104 Å². The summed E-state index contributed by atoms with van der Waals surface area (Å²) in [5.74, 6) is -0.303. The van der Waals surface area contributed by atoms with Crippen LogP contribution in [0.4, 0.5) is 5.69 Å². The predicted octanol–water partition coefficient (Wildman–Crippen LogP) is 3.46. The van der Waals surface area contributed by atoms with Crippen LogP contribution in [0, 0.1) is 10.1 Å². The molecule has 0 saturated heterocycles. The fourth-order valence-corrected chi connectivity index (χ4v) is 3.30. The van der Waals surface area contributed by atoms with Crippen molar-refractivity contribution in [1.82, 2.24) is 9.55 Å². The highest BCUT2D eigenvalue weighted by Crippen LogP contribution is 2.29. The van der Waals surface area contributed by atoms with Crippen LogP contribution in [-0.2, 0) is 9.53 Å². The van der Waals surface area contributed by atoms with Crippen molar-refractivity contribution in [3.8, 4) is 0 Å². The summed E-state index contributed by atoms with van der Waals surface area (Å²) in [7, 11) is 1.36. The Bertz CT molecular complexity index is 1090. The molecule has 2 aromatic carbocycles. The van der Waals surface area contributed by atoms with E-state index in [0.29, 0.717) is 5.56 Å². The summed E-state index contributed by atoms with van der Waals surface area (Å²) in [4.78, 5) is 38.6. The Morgan fingerprint density at radius 2 is 1.63 bits per heavy atom. The number of methoxy groups -OCH3 is 1. The fourth-order valence-electron chi connectivity index (χ4n) is 3.30. The molecular formula is C22H21N3O5. The van der Waals surface area contributed by atoms with Crippen molar-refractivity contribution >= 4 is 11.7 Å². The molecule has 0 amide bonds. The van der Waals surface area contributed by atoms with Crippen LogP contribution in [0.15, 0.2) is 71.9 Å². The largest absolute Gasteiger partial charge is 0.469 e. The molecule has 2 atom stereocenters. The third-order valence-electron chi connectivity index (χ3n) is 4.97. The van der Waals surface area contributed by atoms with Gasteiger partial charge in [0.15, 0.2) is 0 Å². The van der Waals surface area contributed by atoms with Gasteiger partial charge in [0.2, 0.25) is 0 Å². The first-order valence-electron chi connectivity index (χ1n) is 9.34. The van der Waals surface area contributed by atoms with Gasteiger partial charge in [-0.05, 0) is 34.7 Å². The molecule has 0 spiro atoms. The van der Waals surface area contributed by atoms with Gasteiger partial charge in [-0.1, -0.05) is 31.2 Å². The number of hydrogen-bond donors (Lipinski definition) is 0. The minimum absolute atomic E-state index is 0.0227. The second-order valence-corrected chi connectivity index (χ2v) is 6.92. The number of rotatable bonds is 7. The summed E-state index contributed by atoms with van der Waals surface area (Å²) in [6, 6.07) is 14.5. The number of carbonyl (C=O) groups excluding carboxylic acids is 1. The number of benzene rings is 2. The molecule has 0 saturated carbocycles. The van der Waals surface area contributed by atoms with Crippen molar-refractivity contribution in [1.29, 1.82) is 0 Å². The van der Waals surface area contributed by atoms with E-state index in [-0.39, 0.29) is 29.6 Å². The zero-order valence-corrected chi connectivity index (χ0v) is 16.6. The van der Waals surface area contributed by atoms with E-state index < -0.39 is 11.0 Å². The van der Waals surface area contributed by atoms with Crippen LogP contribution in [-0.4, -0.2) is 27.6 Å². The number of non-ortho nitro benzene ring substituents is 1. The van der Waals surface area contributed by atoms with Gasteiger partial charge in [0, 0.05) is 24.4 Å². The number of aromatic nitrogens is 2. The van der Waals surface area contributed by atoms with Gasteiger partial charge < -0.3 is 4.74 Å². The van der Waals surface area contributed by atoms with Crippen molar-refractivity contribution < 1.29 is 14.5 Å². The number of esters is 1. The van der Waals surface area contributed by atoms with E-state index in [9.17, 15) is 19.7 Å². The van der Waals surface area contributed by atoms with Crippen molar-refractivity contribution in [2.45, 2.75) is 25.3 Å². The average Bonchev–Trinajstić information content (AvgIpc) is 2.76. The van der Waals surface area contributed by atoms with E-state index in [1.165, 1.54) is 42.4 Å². The summed E-state index contributed by atoms with van der Waals surface area (Å²) < 4.78 is 6.21. The Kier molecular flexibility index (Phi) is 6.36. The minimum Gasteiger partial charge on any atom is -0.469 e. The lowest BCUT2D eigenvalue weighted by atomic mass is 9.93. The number of nitro groups is 1. The number of carbonyl (C=O) groups is 1. The fraction of sp³-hybridized carbons (Fsp3) is 0.227. The number of hydrogen-bond acceptors (Lipinski definition) is 6. The van der Waals surface area contributed by atoms with Gasteiger partial charge in [-0.25, -0.2) is 4.98 Å². The third kappa shape index (κ3) is 4.60. The second kappa shape index (κ2) is 9.13. The van der Waals surface area contributed by atoms with Crippen LogP contribution >= 0.6 is 0 Å². The number of nitro benzene ring substituents is 1. The minimum atomic E-state index is -0.503. The average molecular weight is 407 g/mol. The second-order valence-electron chi connectivity index (χ2n) is 6.92. The van der Waals surface area contributed by atoms with E-state index in [4.69, 9.17) is 4.74 Å². The maximum Gasteiger partial charge on any atom is 0.306 e. The zero-order chi connectivity index (χ0) is 21.7. The molecule has 3 rings (SSSR count). The van der Waals surface area contributed by atoms with Crippen LogP contribution in [0.3, 0.4) is 0 Å². The molecule has 0 fully saturated rings. The molecule has 0 aliphatic carbocycles. The van der Waals surface area contributed by atoms with Gasteiger partial charge in [-0.15, -0.1) is 0 Å². The monoisotopic (exact) mass is 407 g/mol. The first kappa shape index (κ1) is 20.9. The maximum absolute atomic E-state index is 12.5. The lowest BCUT2D eigenvalue weighted by molar-refractivity contribution is -0.384. The first-order chi connectivity index (χ1) is 14.4.